The lowest BCUT2D eigenvalue weighted by Gasteiger charge is -2.26. The van der Waals surface area contributed by atoms with Crippen molar-refractivity contribution in [2.45, 2.75) is 33.0 Å². The fraction of sp³-hybridized carbons (Fsp3) is 0.263. The van der Waals surface area contributed by atoms with Gasteiger partial charge < -0.3 is 4.90 Å². The highest BCUT2D eigenvalue weighted by Gasteiger charge is 2.20. The zero-order valence-corrected chi connectivity index (χ0v) is 14.8. The summed E-state index contributed by atoms with van der Waals surface area (Å²) in [6.45, 7) is 4.24. The molecule has 2 aromatic carbocycles. The molecule has 0 bridgehead atoms. The Hall–Kier alpha value is -3.22. The van der Waals surface area contributed by atoms with Gasteiger partial charge in [0.15, 0.2) is 0 Å². The summed E-state index contributed by atoms with van der Waals surface area (Å²) >= 11 is 0. The second kappa shape index (κ2) is 7.77. The Morgan fingerprint density at radius 3 is 2.23 bits per heavy atom. The number of carbonyl (C=O) groups is 1. The van der Waals surface area contributed by atoms with Crippen LogP contribution in [0.2, 0.25) is 0 Å². The smallest absolute Gasteiger partial charge is 0.334 e. The topological polar surface area (TPSA) is 73.0 Å². The van der Waals surface area contributed by atoms with Crippen LogP contribution in [0.5, 0.6) is 0 Å². The van der Waals surface area contributed by atoms with E-state index in [4.69, 9.17) is 0 Å². The molecule has 0 fully saturated rings. The van der Waals surface area contributed by atoms with Crippen LogP contribution in [0.1, 0.15) is 19.4 Å². The maximum atomic E-state index is 12.7. The molecule has 0 atom stereocenters. The zero-order chi connectivity index (χ0) is 18.5. The lowest BCUT2D eigenvalue weighted by molar-refractivity contribution is -0.134. The molecule has 1 heterocycles. The number of para-hydroxylation sites is 1. The third kappa shape index (κ3) is 3.88. The first kappa shape index (κ1) is 17.6. The summed E-state index contributed by atoms with van der Waals surface area (Å²) in [6, 6.07) is 18.8. The molecule has 7 nitrogen and oxygen atoms in total. The zero-order valence-electron chi connectivity index (χ0n) is 14.8. The van der Waals surface area contributed by atoms with E-state index in [1.54, 1.807) is 17.0 Å². The van der Waals surface area contributed by atoms with Gasteiger partial charge in [0, 0.05) is 12.6 Å². The molecule has 0 unspecified atom stereocenters. The minimum atomic E-state index is -0.437. The van der Waals surface area contributed by atoms with Gasteiger partial charge in [0.1, 0.15) is 6.54 Å². The van der Waals surface area contributed by atoms with Gasteiger partial charge in [-0.05, 0) is 42.0 Å². The van der Waals surface area contributed by atoms with E-state index in [9.17, 15) is 9.59 Å². The first-order valence-corrected chi connectivity index (χ1v) is 8.48. The Labute approximate surface area is 151 Å². The Balaban J connectivity index is 1.78. The van der Waals surface area contributed by atoms with Crippen LogP contribution in [-0.4, -0.2) is 36.6 Å². The second-order valence-corrected chi connectivity index (χ2v) is 6.27. The van der Waals surface area contributed by atoms with Crippen LogP contribution in [-0.2, 0) is 17.9 Å². The van der Waals surface area contributed by atoms with Gasteiger partial charge in [0.2, 0.25) is 5.91 Å². The number of hydrogen-bond acceptors (Lipinski definition) is 4. The molecular weight excluding hydrogens is 330 g/mol. The average molecular weight is 351 g/mol. The molecule has 0 saturated heterocycles. The Morgan fingerprint density at radius 2 is 1.62 bits per heavy atom. The fourth-order valence-corrected chi connectivity index (χ4v) is 2.66. The molecule has 7 heteroatoms. The van der Waals surface area contributed by atoms with Crippen molar-refractivity contribution in [3.63, 3.8) is 0 Å². The molecule has 134 valence electrons. The van der Waals surface area contributed by atoms with Crippen molar-refractivity contribution in [2.24, 2.45) is 0 Å². The Bertz CT molecular complexity index is 916. The van der Waals surface area contributed by atoms with Crippen molar-refractivity contribution in [3.8, 4) is 5.69 Å². The van der Waals surface area contributed by atoms with Crippen molar-refractivity contribution < 1.29 is 4.79 Å². The highest BCUT2D eigenvalue weighted by Crippen LogP contribution is 2.09. The fourth-order valence-electron chi connectivity index (χ4n) is 2.66. The molecule has 0 saturated carbocycles. The Morgan fingerprint density at radius 1 is 1.00 bits per heavy atom. The standard InChI is InChI=1S/C19H21N5O2/c1-15(2)22(13-16-9-5-3-6-10-16)18(25)14-23-19(26)24(21-20-23)17-11-7-4-8-12-17/h3-12,15H,13-14H2,1-2H3. The van der Waals surface area contributed by atoms with Crippen LogP contribution >= 0.6 is 0 Å². The van der Waals surface area contributed by atoms with E-state index >= 15 is 0 Å². The van der Waals surface area contributed by atoms with Gasteiger partial charge in [0.25, 0.3) is 0 Å². The molecule has 3 aromatic rings. The van der Waals surface area contributed by atoms with Gasteiger partial charge in [-0.25, -0.2) is 4.79 Å². The monoisotopic (exact) mass is 351 g/mol. The predicted octanol–water partition coefficient (Wildman–Crippen LogP) is 1.87. The van der Waals surface area contributed by atoms with Gasteiger partial charge in [-0.2, -0.15) is 9.36 Å². The van der Waals surface area contributed by atoms with Crippen molar-refractivity contribution in [1.82, 2.24) is 24.7 Å². The molecule has 0 N–H and O–H groups in total. The minimum Gasteiger partial charge on any atom is -0.334 e. The van der Waals surface area contributed by atoms with Crippen LogP contribution in [0.15, 0.2) is 65.5 Å². The Kier molecular flexibility index (Phi) is 5.26. The lowest BCUT2D eigenvalue weighted by Crippen LogP contribution is -2.40. The molecule has 1 amide bonds. The minimum absolute atomic E-state index is 0.00239. The quantitative estimate of drug-likeness (QED) is 0.680. The lowest BCUT2D eigenvalue weighted by atomic mass is 10.2. The summed E-state index contributed by atoms with van der Waals surface area (Å²) in [6.07, 6.45) is 0. The van der Waals surface area contributed by atoms with Gasteiger partial charge in [-0.15, -0.1) is 0 Å². The van der Waals surface area contributed by atoms with Crippen molar-refractivity contribution in [2.75, 3.05) is 0 Å². The number of amides is 1. The summed E-state index contributed by atoms with van der Waals surface area (Å²) < 4.78 is 2.28. The average Bonchev–Trinajstić information content (AvgIpc) is 3.01. The number of tetrazole rings is 1. The molecule has 1 aromatic heterocycles. The number of carbonyl (C=O) groups excluding carboxylic acids is 1. The van der Waals surface area contributed by atoms with E-state index < -0.39 is 5.69 Å². The molecule has 0 aliphatic heterocycles. The molecular formula is C19H21N5O2. The largest absolute Gasteiger partial charge is 0.368 e. The number of hydrogen-bond donors (Lipinski definition) is 0. The number of benzene rings is 2. The molecule has 0 aliphatic carbocycles. The van der Waals surface area contributed by atoms with Crippen molar-refractivity contribution >= 4 is 5.91 Å². The van der Waals surface area contributed by atoms with E-state index in [1.165, 1.54) is 4.68 Å². The van der Waals surface area contributed by atoms with E-state index in [0.717, 1.165) is 10.2 Å². The highest BCUT2D eigenvalue weighted by atomic mass is 16.2. The number of nitrogens with zero attached hydrogens (tertiary/aromatic N) is 5. The van der Waals surface area contributed by atoms with E-state index in [1.807, 2.05) is 62.4 Å². The molecule has 26 heavy (non-hydrogen) atoms. The predicted molar refractivity (Wildman–Crippen MR) is 97.7 cm³/mol. The number of aromatic nitrogens is 4. The first-order valence-electron chi connectivity index (χ1n) is 8.48. The van der Waals surface area contributed by atoms with Gasteiger partial charge in [-0.3, -0.25) is 4.79 Å². The van der Waals surface area contributed by atoms with Crippen LogP contribution in [0.3, 0.4) is 0 Å². The van der Waals surface area contributed by atoms with E-state index in [0.29, 0.717) is 12.2 Å². The third-order valence-electron chi connectivity index (χ3n) is 4.06. The normalized spacial score (nSPS) is 10.9. The molecule has 0 spiro atoms. The maximum absolute atomic E-state index is 12.7. The van der Waals surface area contributed by atoms with Crippen molar-refractivity contribution in [1.29, 1.82) is 0 Å². The summed E-state index contributed by atoms with van der Waals surface area (Å²) in [5.74, 6) is -0.175. The van der Waals surface area contributed by atoms with Crippen LogP contribution < -0.4 is 5.69 Å². The van der Waals surface area contributed by atoms with E-state index in [-0.39, 0.29) is 18.5 Å². The first-order chi connectivity index (χ1) is 12.6. The van der Waals surface area contributed by atoms with Crippen LogP contribution in [0.4, 0.5) is 0 Å². The number of rotatable bonds is 6. The van der Waals surface area contributed by atoms with Crippen molar-refractivity contribution in [3.05, 3.63) is 76.7 Å². The van der Waals surface area contributed by atoms with Gasteiger partial charge >= 0.3 is 5.69 Å². The summed E-state index contributed by atoms with van der Waals surface area (Å²) in [4.78, 5) is 27.0. The molecule has 3 rings (SSSR count). The van der Waals surface area contributed by atoms with Gasteiger partial charge in [0.05, 0.1) is 5.69 Å². The molecule has 0 radical (unpaired) electrons. The highest BCUT2D eigenvalue weighted by molar-refractivity contribution is 5.76. The molecule has 0 aliphatic rings. The van der Waals surface area contributed by atoms with E-state index in [2.05, 4.69) is 10.4 Å². The van der Waals surface area contributed by atoms with Crippen LogP contribution in [0.25, 0.3) is 5.69 Å². The summed E-state index contributed by atoms with van der Waals surface area (Å²) in [5.41, 5.74) is 1.21. The summed E-state index contributed by atoms with van der Waals surface area (Å²) in [5, 5.41) is 7.72. The maximum Gasteiger partial charge on any atom is 0.368 e. The summed E-state index contributed by atoms with van der Waals surface area (Å²) in [7, 11) is 0. The van der Waals surface area contributed by atoms with Gasteiger partial charge in [-0.1, -0.05) is 48.5 Å². The SMILES string of the molecule is CC(C)N(Cc1ccccc1)C(=O)Cn1nnn(-c2ccccc2)c1=O. The third-order valence-corrected chi connectivity index (χ3v) is 4.06. The van der Waals surface area contributed by atoms with Crippen LogP contribution in [0, 0.1) is 0 Å². The second-order valence-electron chi connectivity index (χ2n) is 6.27.